The minimum absolute atomic E-state index is 0.0162. The van der Waals surface area contributed by atoms with E-state index in [0.717, 1.165) is 12.1 Å². The summed E-state index contributed by atoms with van der Waals surface area (Å²) >= 11 is 0. The minimum Gasteiger partial charge on any atom is -0.339 e. The van der Waals surface area contributed by atoms with E-state index in [2.05, 4.69) is 37.7 Å². The van der Waals surface area contributed by atoms with Crippen LogP contribution in [0.2, 0.25) is 0 Å². The smallest absolute Gasteiger partial charge is 0.339 e. The highest BCUT2D eigenvalue weighted by Gasteiger charge is 2.35. The highest BCUT2D eigenvalue weighted by atomic mass is 19.4. The number of hydrogen-bond donors (Lipinski definition) is 3. The molecule has 3 aromatic rings. The average molecular weight is 476 g/mol. The SMILES string of the molecule is C=CC(=O)Nc1cccc(Nc2nc(N/N=C(\C)c3ccc(F)cc3F)ncc2C(F)(F)F)c1. The molecule has 0 atom stereocenters. The standard InChI is InChI=1S/C22H17F5N6O/c1-3-19(34)29-14-5-4-6-15(10-14)30-20-17(22(25,26)27)11-28-21(31-20)33-32-12(2)16-8-7-13(23)9-18(16)24/h3-11H,1H2,2H3,(H,29,34)(H2,28,30,31,33)/b32-12+. The Hall–Kier alpha value is -4.35. The van der Waals surface area contributed by atoms with Crippen LogP contribution in [-0.2, 0) is 11.0 Å². The van der Waals surface area contributed by atoms with Gasteiger partial charge in [-0.1, -0.05) is 12.6 Å². The molecule has 1 amide bonds. The first-order chi connectivity index (χ1) is 16.1. The molecule has 1 aromatic heterocycles. The minimum atomic E-state index is -4.77. The molecule has 0 aliphatic rings. The van der Waals surface area contributed by atoms with Crippen LogP contribution in [0.25, 0.3) is 0 Å². The predicted octanol–water partition coefficient (Wildman–Crippen LogP) is 5.48. The summed E-state index contributed by atoms with van der Waals surface area (Å²) in [6.07, 6.45) is -3.17. The Morgan fingerprint density at radius 2 is 1.85 bits per heavy atom. The molecule has 176 valence electrons. The van der Waals surface area contributed by atoms with E-state index in [1.807, 2.05) is 0 Å². The highest BCUT2D eigenvalue weighted by Crippen LogP contribution is 2.35. The average Bonchev–Trinajstić information content (AvgIpc) is 2.77. The van der Waals surface area contributed by atoms with Crippen molar-refractivity contribution in [1.29, 1.82) is 0 Å². The number of anilines is 4. The van der Waals surface area contributed by atoms with Crippen molar-refractivity contribution < 1.29 is 26.7 Å². The number of amides is 1. The zero-order valence-corrected chi connectivity index (χ0v) is 17.5. The summed E-state index contributed by atoms with van der Waals surface area (Å²) in [6.45, 7) is 4.74. The lowest BCUT2D eigenvalue weighted by molar-refractivity contribution is -0.137. The van der Waals surface area contributed by atoms with Gasteiger partial charge in [-0.15, -0.1) is 0 Å². The van der Waals surface area contributed by atoms with Gasteiger partial charge in [0, 0.05) is 29.2 Å². The summed E-state index contributed by atoms with van der Waals surface area (Å²) in [6, 6.07) is 8.81. The van der Waals surface area contributed by atoms with Gasteiger partial charge in [0.05, 0.1) is 5.71 Å². The van der Waals surface area contributed by atoms with Gasteiger partial charge in [0.1, 0.15) is 23.0 Å². The summed E-state index contributed by atoms with van der Waals surface area (Å²) < 4.78 is 67.4. The summed E-state index contributed by atoms with van der Waals surface area (Å²) in [7, 11) is 0. The lowest BCUT2D eigenvalue weighted by Crippen LogP contribution is -2.13. The van der Waals surface area contributed by atoms with Crippen molar-refractivity contribution in [1.82, 2.24) is 9.97 Å². The first kappa shape index (κ1) is 24.3. The zero-order chi connectivity index (χ0) is 24.9. The monoisotopic (exact) mass is 476 g/mol. The molecule has 3 rings (SSSR count). The van der Waals surface area contributed by atoms with Gasteiger partial charge in [-0.25, -0.2) is 19.2 Å². The van der Waals surface area contributed by atoms with Gasteiger partial charge in [0.2, 0.25) is 11.9 Å². The highest BCUT2D eigenvalue weighted by molar-refractivity contribution is 5.99. The van der Waals surface area contributed by atoms with Crippen molar-refractivity contribution in [3.05, 3.63) is 84.1 Å². The number of hydrazone groups is 1. The summed E-state index contributed by atoms with van der Waals surface area (Å²) in [5.74, 6) is -3.02. The molecule has 0 aliphatic heterocycles. The number of nitrogens with one attached hydrogen (secondary N) is 3. The Bertz CT molecular complexity index is 1260. The summed E-state index contributed by atoms with van der Waals surface area (Å²) in [5, 5.41) is 8.91. The van der Waals surface area contributed by atoms with Crippen molar-refractivity contribution in [2.45, 2.75) is 13.1 Å². The molecule has 3 N–H and O–H groups in total. The number of nitrogens with zero attached hydrogens (tertiary/aromatic N) is 3. The Balaban J connectivity index is 1.89. The van der Waals surface area contributed by atoms with Crippen molar-refractivity contribution >= 4 is 34.8 Å². The van der Waals surface area contributed by atoms with E-state index in [0.29, 0.717) is 18.0 Å². The molecular formula is C22H17F5N6O. The van der Waals surface area contributed by atoms with Crippen LogP contribution in [0.4, 0.5) is 45.1 Å². The molecule has 0 radical (unpaired) electrons. The van der Waals surface area contributed by atoms with Gasteiger partial charge in [0.15, 0.2) is 0 Å². The van der Waals surface area contributed by atoms with Crippen LogP contribution in [0.5, 0.6) is 0 Å². The Labute approximate surface area is 190 Å². The number of rotatable bonds is 7. The third-order valence-electron chi connectivity index (χ3n) is 4.32. The molecular weight excluding hydrogens is 459 g/mol. The van der Waals surface area contributed by atoms with E-state index in [-0.39, 0.29) is 22.9 Å². The third-order valence-corrected chi connectivity index (χ3v) is 4.32. The molecule has 2 aromatic carbocycles. The van der Waals surface area contributed by atoms with Gasteiger partial charge >= 0.3 is 6.18 Å². The largest absolute Gasteiger partial charge is 0.421 e. The van der Waals surface area contributed by atoms with E-state index in [9.17, 15) is 26.7 Å². The number of carbonyl (C=O) groups excluding carboxylic acids is 1. The first-order valence-electron chi connectivity index (χ1n) is 9.57. The van der Waals surface area contributed by atoms with Gasteiger partial charge in [0.25, 0.3) is 0 Å². The lowest BCUT2D eigenvalue weighted by atomic mass is 10.1. The van der Waals surface area contributed by atoms with Crippen LogP contribution in [0.3, 0.4) is 0 Å². The number of benzene rings is 2. The molecule has 0 unspecified atom stereocenters. The van der Waals surface area contributed by atoms with Crippen LogP contribution in [0.1, 0.15) is 18.1 Å². The van der Waals surface area contributed by atoms with E-state index in [1.165, 1.54) is 37.3 Å². The second-order valence-corrected chi connectivity index (χ2v) is 6.79. The Morgan fingerprint density at radius 1 is 1.12 bits per heavy atom. The van der Waals surface area contributed by atoms with Crippen LogP contribution in [0, 0.1) is 11.6 Å². The molecule has 34 heavy (non-hydrogen) atoms. The molecule has 1 heterocycles. The Morgan fingerprint density at radius 3 is 2.53 bits per heavy atom. The maximum atomic E-state index is 13.9. The number of hydrogen-bond acceptors (Lipinski definition) is 6. The van der Waals surface area contributed by atoms with E-state index in [4.69, 9.17) is 0 Å². The molecule has 12 heteroatoms. The van der Waals surface area contributed by atoms with Gasteiger partial charge in [-0.3, -0.25) is 4.79 Å². The van der Waals surface area contributed by atoms with Crippen molar-refractivity contribution in [2.75, 3.05) is 16.1 Å². The predicted molar refractivity (Wildman–Crippen MR) is 118 cm³/mol. The Kier molecular flexibility index (Phi) is 7.19. The summed E-state index contributed by atoms with van der Waals surface area (Å²) in [5.41, 5.74) is 1.80. The number of aromatic nitrogens is 2. The van der Waals surface area contributed by atoms with Crippen molar-refractivity contribution in [2.24, 2.45) is 5.10 Å². The second kappa shape index (κ2) is 10.1. The fourth-order valence-corrected chi connectivity index (χ4v) is 2.72. The number of halogens is 5. The second-order valence-electron chi connectivity index (χ2n) is 6.79. The first-order valence-corrected chi connectivity index (χ1v) is 9.57. The van der Waals surface area contributed by atoms with Gasteiger partial charge < -0.3 is 10.6 Å². The van der Waals surface area contributed by atoms with Crippen LogP contribution < -0.4 is 16.1 Å². The van der Waals surface area contributed by atoms with Crippen molar-refractivity contribution in [3.8, 4) is 0 Å². The molecule has 7 nitrogen and oxygen atoms in total. The van der Waals surface area contributed by atoms with Crippen LogP contribution in [-0.4, -0.2) is 21.6 Å². The number of carbonyl (C=O) groups is 1. The third kappa shape index (κ3) is 6.12. The lowest BCUT2D eigenvalue weighted by Gasteiger charge is -2.15. The molecule has 0 spiro atoms. The molecule has 0 saturated carbocycles. The summed E-state index contributed by atoms with van der Waals surface area (Å²) in [4.78, 5) is 18.9. The molecule has 0 saturated heterocycles. The normalized spacial score (nSPS) is 11.6. The zero-order valence-electron chi connectivity index (χ0n) is 17.5. The fourth-order valence-electron chi connectivity index (χ4n) is 2.72. The maximum absolute atomic E-state index is 13.9. The van der Waals surface area contributed by atoms with Crippen LogP contribution in [0.15, 0.2) is 66.4 Å². The van der Waals surface area contributed by atoms with E-state index in [1.54, 1.807) is 0 Å². The molecule has 0 bridgehead atoms. The molecule has 0 fully saturated rings. The fraction of sp³-hybridized carbons (Fsp3) is 0.0909. The molecule has 0 aliphatic carbocycles. The quantitative estimate of drug-likeness (QED) is 0.182. The van der Waals surface area contributed by atoms with Crippen molar-refractivity contribution in [3.63, 3.8) is 0 Å². The number of alkyl halides is 3. The van der Waals surface area contributed by atoms with Gasteiger partial charge in [-0.05, 0) is 43.3 Å². The van der Waals surface area contributed by atoms with E-state index < -0.39 is 35.1 Å². The topological polar surface area (TPSA) is 91.3 Å². The maximum Gasteiger partial charge on any atom is 0.421 e. The van der Waals surface area contributed by atoms with Crippen LogP contribution >= 0.6 is 0 Å². The van der Waals surface area contributed by atoms with Gasteiger partial charge in [-0.2, -0.15) is 23.3 Å². The van der Waals surface area contributed by atoms with E-state index >= 15 is 0 Å².